The highest BCUT2D eigenvalue weighted by Gasteiger charge is 2.22. The molecule has 0 aliphatic carbocycles. The standard InChI is InChI=1S/C60H38N8/c1-5-17-39(18-6-1)40-29-31-44(32-30-40)59-64-58(43-23-11-4-12-24-43)65-60(66-59)68-52-28-16-14-26-48(52)50-37-49-47-25-13-15-27-51(47)67(53(49)38-54(50)68)46-35-33-45(34-36-46)57-62-55(41-19-7-2-8-20-41)61-56(63-57)42-21-9-3-10-22-42/h1-38H. The summed E-state index contributed by atoms with van der Waals surface area (Å²) in [6.07, 6.45) is 0. The fourth-order valence-electron chi connectivity index (χ4n) is 9.37. The summed E-state index contributed by atoms with van der Waals surface area (Å²) >= 11 is 0. The molecule has 0 bridgehead atoms. The zero-order valence-corrected chi connectivity index (χ0v) is 36.5. The fourth-order valence-corrected chi connectivity index (χ4v) is 9.37. The maximum absolute atomic E-state index is 5.28. The third-order valence-corrected chi connectivity index (χ3v) is 12.7. The van der Waals surface area contributed by atoms with Crippen LogP contribution in [0.5, 0.6) is 0 Å². The second-order valence-electron chi connectivity index (χ2n) is 16.8. The second-order valence-corrected chi connectivity index (χ2v) is 16.8. The Morgan fingerprint density at radius 1 is 0.221 bits per heavy atom. The van der Waals surface area contributed by atoms with E-state index in [1.807, 2.05) is 97.1 Å². The van der Waals surface area contributed by atoms with Crippen LogP contribution in [-0.4, -0.2) is 39.0 Å². The first-order valence-electron chi connectivity index (χ1n) is 22.6. The first-order chi connectivity index (χ1) is 33.7. The highest BCUT2D eigenvalue weighted by Crippen LogP contribution is 2.40. The molecule has 0 radical (unpaired) electrons. The number of aromatic nitrogens is 8. The maximum atomic E-state index is 5.28. The van der Waals surface area contributed by atoms with E-state index in [1.165, 1.54) is 0 Å². The lowest BCUT2D eigenvalue weighted by Gasteiger charge is -2.12. The van der Waals surface area contributed by atoms with Crippen LogP contribution in [0.25, 0.3) is 123 Å². The molecule has 0 saturated heterocycles. The van der Waals surface area contributed by atoms with Crippen molar-refractivity contribution in [1.82, 2.24) is 39.0 Å². The molecule has 8 heteroatoms. The van der Waals surface area contributed by atoms with Crippen LogP contribution in [0.4, 0.5) is 0 Å². The third kappa shape index (κ3) is 6.78. The first kappa shape index (κ1) is 39.0. The molecule has 0 N–H and O–H groups in total. The van der Waals surface area contributed by atoms with Crippen LogP contribution >= 0.6 is 0 Å². The molecule has 4 heterocycles. The molecule has 318 valence electrons. The molecule has 13 aromatic rings. The van der Waals surface area contributed by atoms with Gasteiger partial charge in [-0.05, 0) is 59.7 Å². The lowest BCUT2D eigenvalue weighted by Crippen LogP contribution is -2.06. The van der Waals surface area contributed by atoms with E-state index in [2.05, 4.69) is 143 Å². The molecule has 0 saturated carbocycles. The Morgan fingerprint density at radius 3 is 1.01 bits per heavy atom. The highest BCUT2D eigenvalue weighted by molar-refractivity contribution is 6.19. The minimum Gasteiger partial charge on any atom is -0.309 e. The molecule has 13 rings (SSSR count). The van der Waals surface area contributed by atoms with E-state index in [4.69, 9.17) is 29.9 Å². The van der Waals surface area contributed by atoms with Gasteiger partial charge in [-0.2, -0.15) is 9.97 Å². The lowest BCUT2D eigenvalue weighted by atomic mass is 10.0. The fraction of sp³-hybridized carbons (Fsp3) is 0. The summed E-state index contributed by atoms with van der Waals surface area (Å²) in [6.45, 7) is 0. The Morgan fingerprint density at radius 2 is 0.544 bits per heavy atom. The summed E-state index contributed by atoms with van der Waals surface area (Å²) in [7, 11) is 0. The van der Waals surface area contributed by atoms with Crippen molar-refractivity contribution in [2.75, 3.05) is 0 Å². The van der Waals surface area contributed by atoms with E-state index < -0.39 is 0 Å². The minimum absolute atomic E-state index is 0.542. The predicted molar refractivity (Wildman–Crippen MR) is 275 cm³/mol. The van der Waals surface area contributed by atoms with Crippen LogP contribution in [0.2, 0.25) is 0 Å². The van der Waals surface area contributed by atoms with E-state index in [0.29, 0.717) is 35.1 Å². The molecule has 0 unspecified atom stereocenters. The van der Waals surface area contributed by atoms with Crippen molar-refractivity contribution >= 4 is 43.6 Å². The Balaban J connectivity index is 0.986. The van der Waals surface area contributed by atoms with Gasteiger partial charge < -0.3 is 4.57 Å². The molecule has 4 aromatic heterocycles. The van der Waals surface area contributed by atoms with Gasteiger partial charge in [-0.25, -0.2) is 19.9 Å². The Hall–Kier alpha value is -9.40. The van der Waals surface area contributed by atoms with Gasteiger partial charge in [0.05, 0.1) is 22.1 Å². The van der Waals surface area contributed by atoms with Crippen LogP contribution < -0.4 is 0 Å². The molecule has 0 spiro atoms. The summed E-state index contributed by atoms with van der Waals surface area (Å²) in [5.74, 6) is 3.60. The highest BCUT2D eigenvalue weighted by atomic mass is 15.2. The molecule has 0 amide bonds. The number of para-hydroxylation sites is 2. The number of nitrogens with zero attached hydrogens (tertiary/aromatic N) is 8. The predicted octanol–water partition coefficient (Wildman–Crippen LogP) is 14.3. The largest absolute Gasteiger partial charge is 0.309 e. The van der Waals surface area contributed by atoms with Crippen LogP contribution in [0, 0.1) is 0 Å². The average molecular weight is 871 g/mol. The molecular formula is C60H38N8. The summed E-state index contributed by atoms with van der Waals surface area (Å²) in [4.78, 5) is 30.5. The second kappa shape index (κ2) is 16.2. The van der Waals surface area contributed by atoms with E-state index in [9.17, 15) is 0 Å². The van der Waals surface area contributed by atoms with Crippen molar-refractivity contribution in [1.29, 1.82) is 0 Å². The number of fused-ring (bicyclic) bond motifs is 6. The van der Waals surface area contributed by atoms with Gasteiger partial charge in [-0.1, -0.05) is 182 Å². The molecule has 9 aromatic carbocycles. The van der Waals surface area contributed by atoms with Gasteiger partial charge in [0.1, 0.15) is 0 Å². The molecule has 0 fully saturated rings. The topological polar surface area (TPSA) is 87.2 Å². The summed E-state index contributed by atoms with van der Waals surface area (Å²) in [5, 5.41) is 4.54. The van der Waals surface area contributed by atoms with E-state index >= 15 is 0 Å². The Kier molecular flexibility index (Phi) is 9.31. The summed E-state index contributed by atoms with van der Waals surface area (Å²) in [5.41, 5.74) is 12.0. The van der Waals surface area contributed by atoms with Gasteiger partial charge in [0.2, 0.25) is 5.95 Å². The lowest BCUT2D eigenvalue weighted by molar-refractivity contribution is 0.953. The monoisotopic (exact) mass is 870 g/mol. The average Bonchev–Trinajstić information content (AvgIpc) is 3.93. The maximum Gasteiger partial charge on any atom is 0.238 e. The van der Waals surface area contributed by atoms with Crippen molar-refractivity contribution in [3.8, 4) is 79.7 Å². The Labute approximate surface area is 391 Å². The van der Waals surface area contributed by atoms with Crippen LogP contribution in [0.15, 0.2) is 231 Å². The van der Waals surface area contributed by atoms with E-state index in [0.717, 1.165) is 88.2 Å². The number of rotatable bonds is 8. The zero-order valence-electron chi connectivity index (χ0n) is 36.5. The summed E-state index contributed by atoms with van der Waals surface area (Å²) in [6, 6.07) is 79.4. The molecule has 68 heavy (non-hydrogen) atoms. The van der Waals surface area contributed by atoms with Gasteiger partial charge in [0.15, 0.2) is 29.1 Å². The smallest absolute Gasteiger partial charge is 0.238 e. The first-order valence-corrected chi connectivity index (χ1v) is 22.6. The number of hydrogen-bond donors (Lipinski definition) is 0. The van der Waals surface area contributed by atoms with Crippen molar-refractivity contribution in [2.24, 2.45) is 0 Å². The molecule has 8 nitrogen and oxygen atoms in total. The van der Waals surface area contributed by atoms with E-state index in [1.54, 1.807) is 0 Å². The SMILES string of the molecule is c1ccc(-c2ccc(-c3nc(-c4ccccc4)nc(-n4c5ccccc5c5cc6c7ccccc7n(-c7ccc(-c8nc(-c9ccccc9)nc(-c9ccccc9)n8)cc7)c6cc54)n3)cc2)cc1. The van der Waals surface area contributed by atoms with Gasteiger partial charge in [0, 0.05) is 55.0 Å². The van der Waals surface area contributed by atoms with Crippen molar-refractivity contribution < 1.29 is 0 Å². The van der Waals surface area contributed by atoms with Crippen molar-refractivity contribution in [3.05, 3.63) is 231 Å². The van der Waals surface area contributed by atoms with Crippen LogP contribution in [-0.2, 0) is 0 Å². The minimum atomic E-state index is 0.542. The quantitative estimate of drug-likeness (QED) is 0.151. The van der Waals surface area contributed by atoms with Gasteiger partial charge in [-0.3, -0.25) is 4.57 Å². The molecule has 0 aliphatic rings. The number of benzene rings is 9. The third-order valence-electron chi connectivity index (χ3n) is 12.7. The molecule has 0 aliphatic heterocycles. The molecular weight excluding hydrogens is 833 g/mol. The summed E-state index contributed by atoms with van der Waals surface area (Å²) < 4.78 is 4.54. The van der Waals surface area contributed by atoms with Crippen LogP contribution in [0.3, 0.4) is 0 Å². The Bertz CT molecular complexity index is 3920. The van der Waals surface area contributed by atoms with Gasteiger partial charge >= 0.3 is 0 Å². The molecule has 0 atom stereocenters. The van der Waals surface area contributed by atoms with Crippen molar-refractivity contribution in [3.63, 3.8) is 0 Å². The zero-order chi connectivity index (χ0) is 45.0. The van der Waals surface area contributed by atoms with Gasteiger partial charge in [0.25, 0.3) is 0 Å². The van der Waals surface area contributed by atoms with Gasteiger partial charge in [-0.15, -0.1) is 0 Å². The number of hydrogen-bond acceptors (Lipinski definition) is 6. The van der Waals surface area contributed by atoms with E-state index in [-0.39, 0.29) is 0 Å². The van der Waals surface area contributed by atoms with Crippen molar-refractivity contribution in [2.45, 2.75) is 0 Å². The normalized spacial score (nSPS) is 11.5. The van der Waals surface area contributed by atoms with Crippen LogP contribution in [0.1, 0.15) is 0 Å².